The maximum Gasteiger partial charge on any atom is 0.264 e. The molecule has 2 amide bonds. The van der Waals surface area contributed by atoms with Gasteiger partial charge in [0, 0.05) is 31.2 Å². The number of nitrogens with zero attached hydrogens (tertiary/aromatic N) is 4. The van der Waals surface area contributed by atoms with Crippen LogP contribution in [0, 0.1) is 0 Å². The monoisotopic (exact) mass is 494 g/mol. The van der Waals surface area contributed by atoms with Crippen LogP contribution in [-0.4, -0.2) is 63.5 Å². The van der Waals surface area contributed by atoms with Crippen molar-refractivity contribution in [2.45, 2.75) is 18.5 Å². The van der Waals surface area contributed by atoms with Crippen LogP contribution in [0.5, 0.6) is 11.5 Å². The van der Waals surface area contributed by atoms with Gasteiger partial charge in [0.05, 0.1) is 29.4 Å². The molecule has 0 N–H and O–H groups in total. The highest BCUT2D eigenvalue weighted by molar-refractivity contribution is 6.05. The number of aromatic nitrogens is 2. The predicted octanol–water partition coefficient (Wildman–Crippen LogP) is 2.77. The molecule has 184 valence electrons. The predicted molar refractivity (Wildman–Crippen MR) is 132 cm³/mol. The van der Waals surface area contributed by atoms with Gasteiger partial charge >= 0.3 is 0 Å². The lowest BCUT2D eigenvalue weighted by Gasteiger charge is -2.46. The second-order valence-electron chi connectivity index (χ2n) is 9.49. The highest BCUT2D eigenvalue weighted by Crippen LogP contribution is 2.46. The van der Waals surface area contributed by atoms with E-state index in [1.807, 2.05) is 36.4 Å². The van der Waals surface area contributed by atoms with Gasteiger partial charge in [-0.15, -0.1) is 0 Å². The van der Waals surface area contributed by atoms with Gasteiger partial charge in [0.2, 0.25) is 18.6 Å². The molecule has 9 heteroatoms. The number of para-hydroxylation sites is 1. The van der Waals surface area contributed by atoms with Crippen molar-refractivity contribution >= 4 is 28.6 Å². The number of hydrogen-bond acceptors (Lipinski definition) is 6. The maximum atomic E-state index is 14.0. The Morgan fingerprint density at radius 1 is 1.03 bits per heavy atom. The van der Waals surface area contributed by atoms with Crippen molar-refractivity contribution in [1.82, 2.24) is 19.4 Å². The summed E-state index contributed by atoms with van der Waals surface area (Å²) in [5.41, 5.74) is 3.45. The molecule has 0 saturated carbocycles. The molecule has 2 atom stereocenters. The van der Waals surface area contributed by atoms with Crippen LogP contribution in [0.1, 0.15) is 33.2 Å². The summed E-state index contributed by atoms with van der Waals surface area (Å²) in [6.07, 6.45) is 3.48. The Bertz CT molecular complexity index is 1610. The highest BCUT2D eigenvalue weighted by atomic mass is 16.7. The van der Waals surface area contributed by atoms with E-state index in [0.29, 0.717) is 29.2 Å². The molecule has 2 aromatic carbocycles. The number of hydrogen-bond donors (Lipinski definition) is 0. The number of carbonyl (C=O) groups is 3. The van der Waals surface area contributed by atoms with E-state index in [1.54, 1.807) is 40.9 Å². The van der Waals surface area contributed by atoms with Crippen molar-refractivity contribution in [3.05, 3.63) is 89.4 Å². The first kappa shape index (κ1) is 21.6. The summed E-state index contributed by atoms with van der Waals surface area (Å²) in [5.74, 6) is 0.638. The van der Waals surface area contributed by atoms with Gasteiger partial charge in [-0.2, -0.15) is 0 Å². The van der Waals surface area contributed by atoms with Crippen molar-refractivity contribution < 1.29 is 23.9 Å². The van der Waals surface area contributed by atoms with Crippen molar-refractivity contribution in [3.8, 4) is 11.5 Å². The van der Waals surface area contributed by atoms with Gasteiger partial charge in [0.15, 0.2) is 11.5 Å². The third-order valence-corrected chi connectivity index (χ3v) is 7.44. The molecule has 0 radical (unpaired) electrons. The van der Waals surface area contributed by atoms with Gasteiger partial charge in [0.1, 0.15) is 6.04 Å². The summed E-state index contributed by atoms with van der Waals surface area (Å²) < 4.78 is 12.8. The summed E-state index contributed by atoms with van der Waals surface area (Å²) in [6.45, 7) is 0.0888. The molecule has 0 spiro atoms. The molecular weight excluding hydrogens is 472 g/mol. The van der Waals surface area contributed by atoms with Gasteiger partial charge in [-0.1, -0.05) is 24.3 Å². The van der Waals surface area contributed by atoms with Crippen LogP contribution in [0.4, 0.5) is 0 Å². The summed E-state index contributed by atoms with van der Waals surface area (Å²) in [4.78, 5) is 48.2. The lowest BCUT2D eigenvalue weighted by Crippen LogP contribution is -2.62. The molecule has 4 aromatic rings. The molecule has 0 bridgehead atoms. The highest BCUT2D eigenvalue weighted by Gasteiger charge is 2.49. The molecule has 1 unspecified atom stereocenters. The molecule has 1 saturated heterocycles. The van der Waals surface area contributed by atoms with Gasteiger partial charge < -0.3 is 19.3 Å². The second kappa shape index (κ2) is 7.92. The molecule has 0 aliphatic carbocycles. The number of benzene rings is 2. The third-order valence-electron chi connectivity index (χ3n) is 7.44. The van der Waals surface area contributed by atoms with Gasteiger partial charge in [0.25, 0.3) is 5.91 Å². The van der Waals surface area contributed by atoms with E-state index < -0.39 is 12.1 Å². The molecule has 2 aromatic heterocycles. The van der Waals surface area contributed by atoms with E-state index in [2.05, 4.69) is 4.98 Å². The SMILES string of the molecule is CN1CC(=O)N2C(c3ccc4c(c3)OCO4)c3c(c4ccccc4n3C(=O)c3cccnc3)C[C@@H]2C1=O. The molecule has 1 fully saturated rings. The zero-order valence-corrected chi connectivity index (χ0v) is 20.0. The van der Waals surface area contributed by atoms with Crippen molar-refractivity contribution in [2.75, 3.05) is 20.4 Å². The lowest BCUT2D eigenvalue weighted by molar-refractivity contribution is -0.157. The molecule has 37 heavy (non-hydrogen) atoms. The van der Waals surface area contributed by atoms with E-state index in [0.717, 1.165) is 22.0 Å². The standard InChI is InChI=1S/C28H22N4O5/c1-30-14-24(33)31-21(28(30)35)12-19-18-6-2-3-7-20(18)32(27(34)17-5-4-10-29-13-17)26(19)25(31)16-8-9-22-23(11-16)37-15-36-22/h2-11,13,21,25H,12,14-15H2,1H3/t21-,25?/m1/s1. The number of fused-ring (bicyclic) bond motifs is 5. The molecular formula is C28H22N4O5. The van der Waals surface area contributed by atoms with Crippen LogP contribution < -0.4 is 9.47 Å². The van der Waals surface area contributed by atoms with Crippen LogP contribution in [0.3, 0.4) is 0 Å². The third kappa shape index (κ3) is 3.10. The minimum Gasteiger partial charge on any atom is -0.454 e. The fourth-order valence-corrected chi connectivity index (χ4v) is 5.81. The van der Waals surface area contributed by atoms with Gasteiger partial charge in [-0.25, -0.2) is 0 Å². The molecule has 3 aliphatic rings. The van der Waals surface area contributed by atoms with Crippen molar-refractivity contribution in [2.24, 2.45) is 0 Å². The van der Waals surface area contributed by atoms with Crippen molar-refractivity contribution in [1.29, 1.82) is 0 Å². The number of carbonyl (C=O) groups excluding carboxylic acids is 3. The van der Waals surface area contributed by atoms with Crippen LogP contribution in [0.25, 0.3) is 10.9 Å². The Balaban J connectivity index is 1.53. The van der Waals surface area contributed by atoms with Crippen LogP contribution in [0.2, 0.25) is 0 Å². The zero-order chi connectivity index (χ0) is 25.3. The Hall–Kier alpha value is -4.66. The number of likely N-dealkylation sites (N-methyl/N-ethyl adjacent to an activating group) is 1. The first-order valence-corrected chi connectivity index (χ1v) is 12.1. The van der Waals surface area contributed by atoms with E-state index in [1.165, 1.54) is 11.1 Å². The number of piperazine rings is 1. The maximum absolute atomic E-state index is 14.0. The van der Waals surface area contributed by atoms with Crippen LogP contribution in [0.15, 0.2) is 67.0 Å². The van der Waals surface area contributed by atoms with E-state index in [4.69, 9.17) is 9.47 Å². The van der Waals surface area contributed by atoms with E-state index >= 15 is 0 Å². The topological polar surface area (TPSA) is 94.0 Å². The van der Waals surface area contributed by atoms with Crippen LogP contribution in [-0.2, 0) is 16.0 Å². The average molecular weight is 495 g/mol. The molecule has 3 aliphatic heterocycles. The fraction of sp³-hybridized carbons (Fsp3) is 0.214. The van der Waals surface area contributed by atoms with Crippen molar-refractivity contribution in [3.63, 3.8) is 0 Å². The largest absolute Gasteiger partial charge is 0.454 e. The summed E-state index contributed by atoms with van der Waals surface area (Å²) in [6, 6.07) is 15.3. The smallest absolute Gasteiger partial charge is 0.264 e. The molecule has 7 rings (SSSR count). The quantitative estimate of drug-likeness (QED) is 0.426. The summed E-state index contributed by atoms with van der Waals surface area (Å²) >= 11 is 0. The normalized spacial score (nSPS) is 20.2. The Morgan fingerprint density at radius 2 is 1.86 bits per heavy atom. The number of amides is 2. The molecule has 9 nitrogen and oxygen atoms in total. The van der Waals surface area contributed by atoms with E-state index in [-0.39, 0.29) is 31.1 Å². The second-order valence-corrected chi connectivity index (χ2v) is 9.49. The Morgan fingerprint density at radius 3 is 2.70 bits per heavy atom. The lowest BCUT2D eigenvalue weighted by atomic mass is 9.86. The zero-order valence-electron chi connectivity index (χ0n) is 20.0. The first-order valence-electron chi connectivity index (χ1n) is 12.1. The van der Waals surface area contributed by atoms with Gasteiger partial charge in [-0.05, 0) is 41.5 Å². The molecule has 5 heterocycles. The minimum atomic E-state index is -0.679. The Kier molecular flexibility index (Phi) is 4.63. The van der Waals surface area contributed by atoms with Gasteiger partial charge in [-0.3, -0.25) is 23.9 Å². The average Bonchev–Trinajstić information content (AvgIpc) is 3.53. The summed E-state index contributed by atoms with van der Waals surface area (Å²) in [5, 5.41) is 0.883. The Labute approximate surface area is 211 Å². The fourth-order valence-electron chi connectivity index (χ4n) is 5.81. The first-order chi connectivity index (χ1) is 18.0. The number of ether oxygens (including phenoxy) is 2. The minimum absolute atomic E-state index is 0.0253. The number of rotatable bonds is 2. The van der Waals surface area contributed by atoms with E-state index in [9.17, 15) is 14.4 Å². The number of pyridine rings is 1. The van der Waals surface area contributed by atoms with Crippen LogP contribution >= 0.6 is 0 Å². The summed E-state index contributed by atoms with van der Waals surface area (Å²) in [7, 11) is 1.65.